The maximum absolute atomic E-state index is 11.4. The Morgan fingerprint density at radius 2 is 2.10 bits per heavy atom. The van der Waals surface area contributed by atoms with E-state index in [-0.39, 0.29) is 5.16 Å². The number of hydrogen-bond donors (Lipinski definition) is 1. The Bertz CT molecular complexity index is 905. The number of rotatable bonds is 2. The van der Waals surface area contributed by atoms with Gasteiger partial charge >= 0.3 is 0 Å². The predicted octanol–water partition coefficient (Wildman–Crippen LogP) is 2.19. The van der Waals surface area contributed by atoms with E-state index in [1.54, 1.807) is 12.3 Å². The average Bonchev–Trinajstić information content (AvgIpc) is 2.87. The molecule has 0 unspecified atom stereocenters. The number of nitrogens with zero attached hydrogens (tertiary/aromatic N) is 3. The van der Waals surface area contributed by atoms with Crippen LogP contribution in [0.2, 0.25) is 0 Å². The molecule has 0 aliphatic carbocycles. The number of aromatic amines is 1. The molecule has 0 saturated heterocycles. The van der Waals surface area contributed by atoms with Gasteiger partial charge in [0.25, 0.3) is 0 Å². The highest BCUT2D eigenvalue weighted by atomic mass is 79.9. The fourth-order valence-corrected chi connectivity index (χ4v) is 2.66. The number of halogens is 1. The van der Waals surface area contributed by atoms with E-state index >= 15 is 0 Å². The summed E-state index contributed by atoms with van der Waals surface area (Å²) in [5, 5.41) is 7.16. The highest BCUT2D eigenvalue weighted by molar-refractivity contribution is 9.10. The van der Waals surface area contributed by atoms with Gasteiger partial charge < -0.3 is 0 Å². The van der Waals surface area contributed by atoms with E-state index in [0.29, 0.717) is 11.4 Å². The molecular formula is C12H9BrN4O2S. The zero-order valence-electron chi connectivity index (χ0n) is 10.3. The van der Waals surface area contributed by atoms with Crippen LogP contribution in [0.15, 0.2) is 40.1 Å². The molecule has 0 radical (unpaired) electrons. The van der Waals surface area contributed by atoms with Gasteiger partial charge in [-0.05, 0) is 28.1 Å². The summed E-state index contributed by atoms with van der Waals surface area (Å²) in [5.41, 5.74) is 1.40. The van der Waals surface area contributed by atoms with E-state index in [2.05, 4.69) is 36.1 Å². The number of fused-ring (bicyclic) bond motifs is 1. The molecule has 0 amide bonds. The number of aromatic nitrogens is 4. The molecule has 0 aliphatic rings. The summed E-state index contributed by atoms with van der Waals surface area (Å²) in [6.07, 6.45) is 2.76. The van der Waals surface area contributed by atoms with Crippen LogP contribution in [0, 0.1) is 0 Å². The number of sulfone groups is 1. The van der Waals surface area contributed by atoms with Crippen LogP contribution in [0.25, 0.3) is 22.3 Å². The Balaban J connectivity index is 2.22. The van der Waals surface area contributed by atoms with Gasteiger partial charge in [-0.2, -0.15) is 10.1 Å². The van der Waals surface area contributed by atoms with Gasteiger partial charge in [0, 0.05) is 27.9 Å². The lowest BCUT2D eigenvalue weighted by Crippen LogP contribution is -1.99. The predicted molar refractivity (Wildman–Crippen MR) is 77.9 cm³/mol. The van der Waals surface area contributed by atoms with Crippen molar-refractivity contribution < 1.29 is 8.42 Å². The highest BCUT2D eigenvalue weighted by Gasteiger charge is 2.16. The molecule has 0 bridgehead atoms. The molecule has 1 aromatic carbocycles. The van der Waals surface area contributed by atoms with E-state index in [1.165, 1.54) is 0 Å². The van der Waals surface area contributed by atoms with Crippen LogP contribution in [0.5, 0.6) is 0 Å². The Hall–Kier alpha value is -1.80. The largest absolute Gasteiger partial charge is 0.254 e. The number of hydrogen-bond acceptors (Lipinski definition) is 5. The quantitative estimate of drug-likeness (QED) is 0.763. The number of para-hydroxylation sites is 1. The molecule has 20 heavy (non-hydrogen) atoms. The Morgan fingerprint density at radius 1 is 1.30 bits per heavy atom. The third-order valence-corrected chi connectivity index (χ3v) is 4.05. The van der Waals surface area contributed by atoms with Crippen LogP contribution in [0.3, 0.4) is 0 Å². The monoisotopic (exact) mass is 352 g/mol. The molecule has 0 aliphatic heterocycles. The first-order chi connectivity index (χ1) is 9.45. The molecule has 0 fully saturated rings. The van der Waals surface area contributed by atoms with Crippen LogP contribution in [-0.2, 0) is 9.84 Å². The zero-order chi connectivity index (χ0) is 14.3. The Labute approximate surface area is 123 Å². The summed E-state index contributed by atoms with van der Waals surface area (Å²) in [6.45, 7) is 0. The van der Waals surface area contributed by atoms with Crippen LogP contribution >= 0.6 is 15.9 Å². The first-order valence-electron chi connectivity index (χ1n) is 5.62. The minimum Gasteiger partial charge on any atom is -0.254 e. The van der Waals surface area contributed by atoms with Crippen molar-refractivity contribution in [3.05, 3.63) is 34.9 Å². The number of benzene rings is 1. The lowest BCUT2D eigenvalue weighted by Gasteiger charge is -2.02. The standard InChI is InChI=1S/C12H9BrN4O2S/c1-20(18,19)12-15-11(16-17-12)9-4-2-3-7-5-8(13)6-14-10(7)9/h2-6H,1H3,(H,15,16,17). The van der Waals surface area contributed by atoms with Crippen molar-refractivity contribution in [1.82, 2.24) is 20.2 Å². The lowest BCUT2D eigenvalue weighted by atomic mass is 10.1. The van der Waals surface area contributed by atoms with Gasteiger partial charge in [-0.25, -0.2) is 13.5 Å². The van der Waals surface area contributed by atoms with Crippen molar-refractivity contribution >= 4 is 36.7 Å². The lowest BCUT2D eigenvalue weighted by molar-refractivity contribution is 0.594. The normalized spacial score (nSPS) is 11.9. The summed E-state index contributed by atoms with van der Waals surface area (Å²) in [6, 6.07) is 7.50. The first-order valence-corrected chi connectivity index (χ1v) is 8.31. The molecule has 0 atom stereocenters. The third kappa shape index (κ3) is 2.32. The summed E-state index contributed by atoms with van der Waals surface area (Å²) in [5.74, 6) is 0.311. The van der Waals surface area contributed by atoms with Gasteiger partial charge in [0.05, 0.1) is 5.52 Å². The van der Waals surface area contributed by atoms with E-state index in [9.17, 15) is 8.42 Å². The van der Waals surface area contributed by atoms with Crippen molar-refractivity contribution in [3.63, 3.8) is 0 Å². The second-order valence-electron chi connectivity index (χ2n) is 4.27. The molecule has 0 spiro atoms. The maximum Gasteiger partial charge on any atom is 0.243 e. The molecule has 3 rings (SSSR count). The summed E-state index contributed by atoms with van der Waals surface area (Å²) in [4.78, 5) is 8.36. The molecule has 8 heteroatoms. The third-order valence-electron chi connectivity index (χ3n) is 2.73. The minimum absolute atomic E-state index is 0.151. The summed E-state index contributed by atoms with van der Waals surface area (Å²) >= 11 is 3.36. The Kier molecular flexibility index (Phi) is 3.06. The van der Waals surface area contributed by atoms with Crippen LogP contribution < -0.4 is 0 Å². The fraction of sp³-hybridized carbons (Fsp3) is 0.0833. The molecule has 2 aromatic heterocycles. The Morgan fingerprint density at radius 3 is 2.80 bits per heavy atom. The SMILES string of the molecule is CS(=O)(=O)c1nc(-c2cccc3cc(Br)cnc23)n[nH]1. The minimum atomic E-state index is -3.41. The smallest absolute Gasteiger partial charge is 0.243 e. The van der Waals surface area contributed by atoms with E-state index < -0.39 is 9.84 Å². The van der Waals surface area contributed by atoms with E-state index in [4.69, 9.17) is 0 Å². The second kappa shape index (κ2) is 4.64. The van der Waals surface area contributed by atoms with Gasteiger partial charge in [0.1, 0.15) is 0 Å². The second-order valence-corrected chi connectivity index (χ2v) is 7.11. The van der Waals surface area contributed by atoms with Gasteiger partial charge in [-0.1, -0.05) is 12.1 Å². The van der Waals surface area contributed by atoms with Crippen LogP contribution in [0.1, 0.15) is 0 Å². The average molecular weight is 353 g/mol. The van der Waals surface area contributed by atoms with E-state index in [1.807, 2.05) is 18.2 Å². The van der Waals surface area contributed by atoms with Crippen molar-refractivity contribution in [3.8, 4) is 11.4 Å². The number of H-pyrrole nitrogens is 1. The molecular weight excluding hydrogens is 344 g/mol. The molecule has 0 saturated carbocycles. The number of pyridine rings is 1. The van der Waals surface area contributed by atoms with Crippen molar-refractivity contribution in [2.24, 2.45) is 0 Å². The van der Waals surface area contributed by atoms with Gasteiger partial charge in [-0.3, -0.25) is 4.98 Å². The molecule has 2 heterocycles. The first kappa shape index (κ1) is 13.2. The summed E-state index contributed by atoms with van der Waals surface area (Å²) < 4.78 is 23.7. The molecule has 6 nitrogen and oxygen atoms in total. The fourth-order valence-electron chi connectivity index (χ4n) is 1.85. The van der Waals surface area contributed by atoms with Gasteiger partial charge in [-0.15, -0.1) is 0 Å². The topological polar surface area (TPSA) is 88.6 Å². The van der Waals surface area contributed by atoms with E-state index in [0.717, 1.165) is 21.6 Å². The van der Waals surface area contributed by atoms with Gasteiger partial charge in [0.15, 0.2) is 5.82 Å². The van der Waals surface area contributed by atoms with Crippen molar-refractivity contribution in [2.45, 2.75) is 5.16 Å². The highest BCUT2D eigenvalue weighted by Crippen LogP contribution is 2.26. The molecule has 1 N–H and O–H groups in total. The van der Waals surface area contributed by atoms with Crippen molar-refractivity contribution in [2.75, 3.05) is 6.26 Å². The molecule has 3 aromatic rings. The number of nitrogens with one attached hydrogen (secondary N) is 1. The maximum atomic E-state index is 11.4. The van der Waals surface area contributed by atoms with Crippen LogP contribution in [0.4, 0.5) is 0 Å². The van der Waals surface area contributed by atoms with Gasteiger partial charge in [0.2, 0.25) is 15.0 Å². The van der Waals surface area contributed by atoms with Crippen LogP contribution in [-0.4, -0.2) is 34.8 Å². The van der Waals surface area contributed by atoms with Crippen molar-refractivity contribution in [1.29, 1.82) is 0 Å². The zero-order valence-corrected chi connectivity index (χ0v) is 12.7. The summed E-state index contributed by atoms with van der Waals surface area (Å²) in [7, 11) is -3.41. The molecule has 102 valence electrons.